The molecule has 0 aromatic carbocycles. The number of amides is 1. The summed E-state index contributed by atoms with van der Waals surface area (Å²) in [5, 5.41) is 11.1. The van der Waals surface area contributed by atoms with Crippen LogP contribution in [0, 0.1) is 0 Å². The van der Waals surface area contributed by atoms with Crippen LogP contribution in [0.3, 0.4) is 0 Å². The second kappa shape index (κ2) is 6.58. The van der Waals surface area contributed by atoms with E-state index in [-0.39, 0.29) is 19.6 Å². The molecule has 1 amide bonds. The van der Waals surface area contributed by atoms with E-state index >= 15 is 0 Å². The molecule has 0 atom stereocenters. The third-order valence-corrected chi connectivity index (χ3v) is 1.76. The maximum Gasteiger partial charge on any atom is 0.408 e. The standard InChI is InChI=1S/C12H23NO5/c1-11(2,3)18-10(16)13-12(4,5)8-17-7-6-9(14)15/h6-8H2,1-5H3,(H,13,16)(H,14,15). The molecule has 0 aromatic heterocycles. The van der Waals surface area contributed by atoms with Crippen LogP contribution in [0.4, 0.5) is 4.79 Å². The zero-order chi connectivity index (χ0) is 14.4. The van der Waals surface area contributed by atoms with Gasteiger partial charge < -0.3 is 19.9 Å². The summed E-state index contributed by atoms with van der Waals surface area (Å²) in [5.74, 6) is -0.909. The molecule has 6 heteroatoms. The first-order valence-electron chi connectivity index (χ1n) is 5.82. The molecule has 0 rings (SSSR count). The van der Waals surface area contributed by atoms with Gasteiger partial charge in [-0.25, -0.2) is 4.79 Å². The molecule has 0 aliphatic carbocycles. The van der Waals surface area contributed by atoms with E-state index in [0.717, 1.165) is 0 Å². The summed E-state index contributed by atoms with van der Waals surface area (Å²) in [5.41, 5.74) is -1.16. The van der Waals surface area contributed by atoms with Gasteiger partial charge in [0, 0.05) is 0 Å². The summed E-state index contributed by atoms with van der Waals surface area (Å²) in [7, 11) is 0. The van der Waals surface area contributed by atoms with Crippen molar-refractivity contribution in [1.29, 1.82) is 0 Å². The number of carbonyl (C=O) groups is 2. The fourth-order valence-electron chi connectivity index (χ4n) is 1.10. The fraction of sp³-hybridized carbons (Fsp3) is 0.833. The fourth-order valence-corrected chi connectivity index (χ4v) is 1.10. The number of alkyl carbamates (subject to hydrolysis) is 1. The van der Waals surface area contributed by atoms with E-state index in [9.17, 15) is 9.59 Å². The second-order valence-corrected chi connectivity index (χ2v) is 5.71. The molecule has 2 N–H and O–H groups in total. The average molecular weight is 261 g/mol. The van der Waals surface area contributed by atoms with Crippen LogP contribution < -0.4 is 5.32 Å². The van der Waals surface area contributed by atoms with Crippen LogP contribution in [0.2, 0.25) is 0 Å². The van der Waals surface area contributed by atoms with Crippen molar-refractivity contribution in [2.45, 2.75) is 52.2 Å². The Morgan fingerprint density at radius 1 is 1.17 bits per heavy atom. The number of carboxylic acids is 1. The highest BCUT2D eigenvalue weighted by molar-refractivity contribution is 5.68. The normalized spacial score (nSPS) is 12.1. The smallest absolute Gasteiger partial charge is 0.408 e. The number of carboxylic acid groups (broad SMARTS) is 1. The molecule has 0 radical (unpaired) electrons. The van der Waals surface area contributed by atoms with Crippen molar-refractivity contribution >= 4 is 12.1 Å². The van der Waals surface area contributed by atoms with Gasteiger partial charge in [0.15, 0.2) is 0 Å². The molecule has 0 aromatic rings. The Balaban J connectivity index is 3.99. The Kier molecular flexibility index (Phi) is 6.11. The Morgan fingerprint density at radius 3 is 2.17 bits per heavy atom. The Morgan fingerprint density at radius 2 is 1.72 bits per heavy atom. The minimum absolute atomic E-state index is 0.0531. The van der Waals surface area contributed by atoms with E-state index in [1.165, 1.54) is 0 Å². The summed E-state index contributed by atoms with van der Waals surface area (Å²) in [6.45, 7) is 9.23. The first-order chi connectivity index (χ1) is 8.02. The Labute approximate surface area is 108 Å². The molecule has 0 unspecified atom stereocenters. The number of ether oxygens (including phenoxy) is 2. The summed E-state index contributed by atoms with van der Waals surface area (Å²) in [6.07, 6.45) is -0.572. The van der Waals surface area contributed by atoms with Gasteiger partial charge in [0.05, 0.1) is 25.2 Å². The van der Waals surface area contributed by atoms with Crippen molar-refractivity contribution in [3.05, 3.63) is 0 Å². The quantitative estimate of drug-likeness (QED) is 0.712. The molecule has 0 spiro atoms. The van der Waals surface area contributed by atoms with Gasteiger partial charge in [-0.15, -0.1) is 0 Å². The van der Waals surface area contributed by atoms with Crippen molar-refractivity contribution in [3.8, 4) is 0 Å². The van der Waals surface area contributed by atoms with E-state index in [2.05, 4.69) is 5.32 Å². The molecule has 0 heterocycles. The lowest BCUT2D eigenvalue weighted by Gasteiger charge is -2.28. The van der Waals surface area contributed by atoms with Crippen LogP contribution in [0.1, 0.15) is 41.0 Å². The molecule has 106 valence electrons. The Hall–Kier alpha value is -1.30. The van der Waals surface area contributed by atoms with Gasteiger partial charge in [-0.2, -0.15) is 0 Å². The summed E-state index contributed by atoms with van der Waals surface area (Å²) in [6, 6.07) is 0. The van der Waals surface area contributed by atoms with Crippen LogP contribution in [0.5, 0.6) is 0 Å². The third kappa shape index (κ3) is 9.89. The van der Waals surface area contributed by atoms with Crippen molar-refractivity contribution in [1.82, 2.24) is 5.32 Å². The van der Waals surface area contributed by atoms with E-state index in [1.54, 1.807) is 34.6 Å². The average Bonchev–Trinajstić information content (AvgIpc) is 2.07. The molecular formula is C12H23NO5. The van der Waals surface area contributed by atoms with Gasteiger partial charge >= 0.3 is 12.1 Å². The largest absolute Gasteiger partial charge is 0.481 e. The van der Waals surface area contributed by atoms with Crippen LogP contribution >= 0.6 is 0 Å². The maximum absolute atomic E-state index is 11.5. The minimum Gasteiger partial charge on any atom is -0.481 e. The van der Waals surface area contributed by atoms with Crippen LogP contribution in [0.15, 0.2) is 0 Å². The predicted molar refractivity (Wildman–Crippen MR) is 66.5 cm³/mol. The number of rotatable bonds is 6. The lowest BCUT2D eigenvalue weighted by molar-refractivity contribution is -0.138. The first-order valence-corrected chi connectivity index (χ1v) is 5.82. The molecule has 0 bridgehead atoms. The molecule has 0 aliphatic heterocycles. The topological polar surface area (TPSA) is 84.9 Å². The lowest BCUT2D eigenvalue weighted by atomic mass is 10.1. The SMILES string of the molecule is CC(C)(COCCC(=O)O)NC(=O)OC(C)(C)C. The van der Waals surface area contributed by atoms with E-state index in [1.807, 2.05) is 0 Å². The van der Waals surface area contributed by atoms with Gasteiger partial charge in [-0.05, 0) is 34.6 Å². The Bertz CT molecular complexity index is 293. The van der Waals surface area contributed by atoms with Gasteiger partial charge in [-0.3, -0.25) is 4.79 Å². The highest BCUT2D eigenvalue weighted by Gasteiger charge is 2.24. The summed E-state index contributed by atoms with van der Waals surface area (Å²) < 4.78 is 10.3. The minimum atomic E-state index is -0.909. The van der Waals surface area contributed by atoms with E-state index in [0.29, 0.717) is 0 Å². The number of carbonyl (C=O) groups excluding carboxylic acids is 1. The maximum atomic E-state index is 11.5. The highest BCUT2D eigenvalue weighted by atomic mass is 16.6. The third-order valence-electron chi connectivity index (χ3n) is 1.76. The molecule has 0 fully saturated rings. The van der Waals surface area contributed by atoms with Crippen molar-refractivity contribution in [2.75, 3.05) is 13.2 Å². The van der Waals surface area contributed by atoms with Crippen molar-refractivity contribution < 1.29 is 24.2 Å². The molecule has 0 aliphatic rings. The number of hydrogen-bond donors (Lipinski definition) is 2. The zero-order valence-corrected chi connectivity index (χ0v) is 11.7. The lowest BCUT2D eigenvalue weighted by Crippen LogP contribution is -2.48. The van der Waals surface area contributed by atoms with Crippen LogP contribution in [0.25, 0.3) is 0 Å². The molecule has 0 saturated heterocycles. The first kappa shape index (κ1) is 16.7. The van der Waals surface area contributed by atoms with Crippen molar-refractivity contribution in [3.63, 3.8) is 0 Å². The molecule has 6 nitrogen and oxygen atoms in total. The van der Waals surface area contributed by atoms with Crippen LogP contribution in [-0.2, 0) is 14.3 Å². The summed E-state index contributed by atoms with van der Waals surface area (Å²) in [4.78, 5) is 21.8. The monoisotopic (exact) mass is 261 g/mol. The van der Waals surface area contributed by atoms with Crippen molar-refractivity contribution in [2.24, 2.45) is 0 Å². The molecular weight excluding hydrogens is 238 g/mol. The number of nitrogens with one attached hydrogen (secondary N) is 1. The number of aliphatic carboxylic acids is 1. The van der Waals surface area contributed by atoms with Crippen LogP contribution in [-0.4, -0.2) is 41.5 Å². The van der Waals surface area contributed by atoms with Gasteiger partial charge in [-0.1, -0.05) is 0 Å². The highest BCUT2D eigenvalue weighted by Crippen LogP contribution is 2.09. The number of hydrogen-bond acceptors (Lipinski definition) is 4. The molecule has 18 heavy (non-hydrogen) atoms. The zero-order valence-electron chi connectivity index (χ0n) is 11.7. The van der Waals surface area contributed by atoms with Gasteiger partial charge in [0.1, 0.15) is 5.60 Å². The van der Waals surface area contributed by atoms with Gasteiger partial charge in [0.2, 0.25) is 0 Å². The molecule has 0 saturated carbocycles. The second-order valence-electron chi connectivity index (χ2n) is 5.71. The van der Waals surface area contributed by atoms with Gasteiger partial charge in [0.25, 0.3) is 0 Å². The predicted octanol–water partition coefficient (Wildman–Crippen LogP) is 1.78. The van der Waals surface area contributed by atoms with E-state index in [4.69, 9.17) is 14.6 Å². The van der Waals surface area contributed by atoms with E-state index < -0.39 is 23.2 Å². The summed E-state index contributed by atoms with van der Waals surface area (Å²) >= 11 is 0.